The van der Waals surface area contributed by atoms with Crippen molar-refractivity contribution in [2.75, 3.05) is 62.2 Å². The van der Waals surface area contributed by atoms with Crippen molar-refractivity contribution in [3.63, 3.8) is 0 Å². The van der Waals surface area contributed by atoms with Gasteiger partial charge in [-0.3, -0.25) is 9.59 Å². The van der Waals surface area contributed by atoms with E-state index in [4.69, 9.17) is 28.0 Å². The number of nitrogens with zero attached hydrogens (tertiary/aromatic N) is 8. The van der Waals surface area contributed by atoms with Gasteiger partial charge in [-0.05, 0) is 108 Å². The number of benzene rings is 4. The smallest absolute Gasteiger partial charge is 0.272 e. The molecule has 0 unspecified atom stereocenters. The van der Waals surface area contributed by atoms with Crippen LogP contribution in [-0.2, 0) is 4.79 Å². The number of aromatic nitrogens is 4. The second kappa shape index (κ2) is 19.9. The van der Waals surface area contributed by atoms with Crippen molar-refractivity contribution in [2.24, 2.45) is 0 Å². The van der Waals surface area contributed by atoms with Crippen LogP contribution in [0, 0.1) is 34.6 Å². The van der Waals surface area contributed by atoms with Crippen LogP contribution in [0.2, 0.25) is 10.0 Å². The Labute approximate surface area is 362 Å². The molecule has 2 aromatic heterocycles. The fourth-order valence-electron chi connectivity index (χ4n) is 7.31. The highest BCUT2D eigenvalue weighted by Gasteiger charge is 2.27. The summed E-state index contributed by atoms with van der Waals surface area (Å²) < 4.78 is 3.51. The number of hydrogen-bond donors (Lipinski definition) is 0. The average molecular weight is 848 g/mol. The van der Waals surface area contributed by atoms with Crippen molar-refractivity contribution in [2.45, 2.75) is 41.5 Å². The number of anilines is 2. The van der Waals surface area contributed by atoms with E-state index in [9.17, 15) is 9.59 Å². The van der Waals surface area contributed by atoms with Crippen LogP contribution in [0.25, 0.3) is 11.4 Å². The van der Waals surface area contributed by atoms with Crippen LogP contribution < -0.4 is 9.80 Å². The number of aldehydes is 1. The largest absolute Gasteiger partial charge is 0.368 e. The van der Waals surface area contributed by atoms with Gasteiger partial charge in [0.25, 0.3) is 11.8 Å². The molecule has 11 nitrogen and oxygen atoms in total. The van der Waals surface area contributed by atoms with Gasteiger partial charge in [0.15, 0.2) is 0 Å². The first-order valence-corrected chi connectivity index (χ1v) is 20.9. The summed E-state index contributed by atoms with van der Waals surface area (Å²) in [5.74, 6) is 0.0468. The molecular weight excluding hydrogens is 795 g/mol. The van der Waals surface area contributed by atoms with E-state index in [1.165, 1.54) is 29.3 Å². The summed E-state index contributed by atoms with van der Waals surface area (Å²) in [4.78, 5) is 43.7. The monoisotopic (exact) mass is 846 g/mol. The lowest BCUT2D eigenvalue weighted by atomic mass is 10.1. The van der Waals surface area contributed by atoms with Crippen molar-refractivity contribution < 1.29 is 14.4 Å². The molecule has 0 spiro atoms. The van der Waals surface area contributed by atoms with E-state index in [-0.39, 0.29) is 11.8 Å². The molecule has 8 rings (SSSR count). The molecule has 0 aliphatic carbocycles. The Bertz CT molecular complexity index is 2410. The van der Waals surface area contributed by atoms with Crippen molar-refractivity contribution >= 4 is 52.7 Å². The van der Waals surface area contributed by atoms with Crippen LogP contribution in [0.1, 0.15) is 56.0 Å². The van der Waals surface area contributed by atoms with Crippen molar-refractivity contribution in [1.82, 2.24) is 29.4 Å². The zero-order chi connectivity index (χ0) is 42.9. The molecule has 60 heavy (non-hydrogen) atoms. The van der Waals surface area contributed by atoms with Crippen LogP contribution >= 0.6 is 23.2 Å². The Morgan fingerprint density at radius 3 is 1.38 bits per heavy atom. The first-order valence-electron chi connectivity index (χ1n) is 20.1. The second-order valence-corrected chi connectivity index (χ2v) is 15.8. The van der Waals surface area contributed by atoms with E-state index in [0.717, 1.165) is 60.9 Å². The minimum absolute atomic E-state index is 0.0000338. The average Bonchev–Trinajstić information content (AvgIpc) is 3.85. The van der Waals surface area contributed by atoms with Crippen molar-refractivity contribution in [1.29, 1.82) is 0 Å². The number of aryl methyl sites for hydroxylation is 5. The summed E-state index contributed by atoms with van der Waals surface area (Å²) in [5, 5.41) is 10.2. The lowest BCUT2D eigenvalue weighted by molar-refractivity contribution is -0.106. The molecule has 2 aliphatic rings. The molecule has 4 aromatic carbocycles. The molecular formula is C47H52Cl2N8O3. The molecule has 2 saturated heterocycles. The van der Waals surface area contributed by atoms with Crippen LogP contribution in [0.15, 0.2) is 103 Å². The molecule has 13 heteroatoms. The first-order chi connectivity index (χ1) is 28.9. The van der Waals surface area contributed by atoms with E-state index >= 15 is 0 Å². The predicted octanol–water partition coefficient (Wildman–Crippen LogP) is 8.72. The standard InChI is InChI=1S/C23H26N4O.C22H22Cl2N4O.C2H4O/c1-17-8-10-20(11-9-17)27-22(16-19(3)24-27)23(28)26-14-12-25(13-15-26)21-7-5-4-6-18(21)2;1-15-3-5-17(6-4-15)28-21(13-16(2)25-28)22(29)27-11-9-26(10-12-27)18-7-8-19(23)20(24)14-18;1-2-3/h4-11,16H,12-15H2,1-3H3;3-8,13-14H,9-12H2,1-2H3;2H,1H3. The number of hydrogen-bond acceptors (Lipinski definition) is 7. The summed E-state index contributed by atoms with van der Waals surface area (Å²) in [6.45, 7) is 17.4. The number of amides is 2. The number of para-hydroxylation sites is 1. The van der Waals surface area contributed by atoms with Crippen molar-refractivity contribution in [3.05, 3.63) is 153 Å². The number of halogens is 2. The highest BCUT2D eigenvalue weighted by molar-refractivity contribution is 6.42. The lowest BCUT2D eigenvalue weighted by Gasteiger charge is -2.36. The molecule has 0 atom stereocenters. The minimum Gasteiger partial charge on any atom is -0.368 e. The minimum atomic E-state index is -0.0000338. The highest BCUT2D eigenvalue weighted by atomic mass is 35.5. The molecule has 0 N–H and O–H groups in total. The van der Waals surface area contributed by atoms with E-state index in [1.54, 1.807) is 15.4 Å². The second-order valence-electron chi connectivity index (χ2n) is 15.0. The Morgan fingerprint density at radius 2 is 0.950 bits per heavy atom. The topological polar surface area (TPSA) is 99.8 Å². The Balaban J connectivity index is 0.000000189. The van der Waals surface area contributed by atoms with Crippen LogP contribution in [0.5, 0.6) is 0 Å². The molecule has 0 saturated carbocycles. The molecule has 0 bridgehead atoms. The lowest BCUT2D eigenvalue weighted by Crippen LogP contribution is -2.49. The normalized spacial score (nSPS) is 13.9. The maximum atomic E-state index is 13.2. The maximum absolute atomic E-state index is 13.2. The zero-order valence-electron chi connectivity index (χ0n) is 35.1. The number of rotatable bonds is 6. The van der Waals surface area contributed by atoms with Gasteiger partial charge in [0.05, 0.1) is 32.8 Å². The van der Waals surface area contributed by atoms with Gasteiger partial charge in [0.1, 0.15) is 17.7 Å². The molecule has 4 heterocycles. The first kappa shape index (κ1) is 43.7. The maximum Gasteiger partial charge on any atom is 0.272 e. The SMILES string of the molecule is CC=O.Cc1ccc(-n2nc(C)cc2C(=O)N2CCN(c3ccc(Cl)c(Cl)c3)CC2)cc1.Cc1ccc(-n2nc(C)cc2C(=O)N2CCN(c3ccccc3C)CC2)cc1. The zero-order valence-corrected chi connectivity index (χ0v) is 36.6. The molecule has 2 fully saturated rings. The van der Waals surface area contributed by atoms with E-state index < -0.39 is 0 Å². The van der Waals surface area contributed by atoms with Crippen LogP contribution in [-0.4, -0.2) is 99.8 Å². The number of piperazine rings is 2. The summed E-state index contributed by atoms with van der Waals surface area (Å²) in [6, 6.07) is 33.9. The summed E-state index contributed by atoms with van der Waals surface area (Å²) >= 11 is 12.2. The van der Waals surface area contributed by atoms with Gasteiger partial charge in [-0.1, -0.05) is 76.8 Å². The predicted molar refractivity (Wildman–Crippen MR) is 242 cm³/mol. The number of carbonyl (C=O) groups is 3. The Morgan fingerprint density at radius 1 is 0.533 bits per heavy atom. The molecule has 0 radical (unpaired) electrons. The molecule has 312 valence electrons. The van der Waals surface area contributed by atoms with Gasteiger partial charge in [-0.25, -0.2) is 9.36 Å². The third-order valence-corrected chi connectivity index (χ3v) is 11.3. The summed E-state index contributed by atoms with van der Waals surface area (Å²) in [7, 11) is 0. The molecule has 2 aliphatic heterocycles. The van der Waals surface area contributed by atoms with Crippen molar-refractivity contribution in [3.8, 4) is 11.4 Å². The van der Waals surface area contributed by atoms with Gasteiger partial charge < -0.3 is 24.4 Å². The number of carbonyl (C=O) groups excluding carboxylic acids is 3. The Kier molecular flexibility index (Phi) is 14.5. The van der Waals surface area contributed by atoms with E-state index in [1.807, 2.05) is 103 Å². The van der Waals surface area contributed by atoms with Gasteiger partial charge in [-0.2, -0.15) is 10.2 Å². The fraction of sp³-hybridized carbons (Fsp3) is 0.298. The van der Waals surface area contributed by atoms with Gasteiger partial charge in [-0.15, -0.1) is 0 Å². The van der Waals surface area contributed by atoms with Gasteiger partial charge >= 0.3 is 0 Å². The molecule has 2 amide bonds. The quantitative estimate of drug-likeness (QED) is 0.155. The van der Waals surface area contributed by atoms with E-state index in [0.29, 0.717) is 47.6 Å². The van der Waals surface area contributed by atoms with Gasteiger partial charge in [0.2, 0.25) is 0 Å². The van der Waals surface area contributed by atoms with Crippen LogP contribution in [0.3, 0.4) is 0 Å². The van der Waals surface area contributed by atoms with E-state index in [2.05, 4.69) is 58.1 Å². The highest BCUT2D eigenvalue weighted by Crippen LogP contribution is 2.28. The third kappa shape index (κ3) is 10.4. The van der Waals surface area contributed by atoms with Crippen LogP contribution in [0.4, 0.5) is 11.4 Å². The Hall–Kier alpha value is -5.91. The third-order valence-electron chi connectivity index (χ3n) is 10.5. The summed E-state index contributed by atoms with van der Waals surface area (Å²) in [5.41, 5.74) is 10.6. The fourth-order valence-corrected chi connectivity index (χ4v) is 7.60. The molecule has 6 aromatic rings. The van der Waals surface area contributed by atoms with Gasteiger partial charge in [0, 0.05) is 63.7 Å². The summed E-state index contributed by atoms with van der Waals surface area (Å²) in [6.07, 6.45) is 0.750.